The first-order chi connectivity index (χ1) is 14.8. The molecule has 9 atom stereocenters. The van der Waals surface area contributed by atoms with Gasteiger partial charge in [0.15, 0.2) is 5.78 Å². The molecule has 0 aliphatic heterocycles. The van der Waals surface area contributed by atoms with Crippen LogP contribution in [0.15, 0.2) is 23.8 Å². The molecule has 0 radical (unpaired) electrons. The van der Waals surface area contributed by atoms with E-state index in [0.29, 0.717) is 42.9 Å². The monoisotopic (exact) mass is 444 g/mol. The minimum absolute atomic E-state index is 0.0227. The molecule has 0 aromatic rings. The largest absolute Gasteiger partial charge is 0.393 e. The molecule has 0 bridgehead atoms. The van der Waals surface area contributed by atoms with Crippen molar-refractivity contribution in [3.05, 3.63) is 23.8 Å². The van der Waals surface area contributed by atoms with Crippen molar-refractivity contribution in [2.24, 2.45) is 40.4 Å². The average molecular weight is 445 g/mol. The van der Waals surface area contributed by atoms with Crippen LogP contribution in [-0.4, -0.2) is 38.4 Å². The second kappa shape index (κ2) is 7.78. The van der Waals surface area contributed by atoms with Crippen LogP contribution in [0.4, 0.5) is 0 Å². The van der Waals surface area contributed by atoms with Gasteiger partial charge in [0.25, 0.3) is 0 Å². The number of rotatable bonds is 4. The van der Waals surface area contributed by atoms with Crippen molar-refractivity contribution in [3.63, 3.8) is 0 Å². The van der Waals surface area contributed by atoms with E-state index in [1.165, 1.54) is 0 Å². The first kappa shape index (κ1) is 24.2. The molecular formula is C28H44O4. The minimum atomic E-state index is -1.68. The van der Waals surface area contributed by atoms with Gasteiger partial charge >= 0.3 is 0 Å². The quantitative estimate of drug-likeness (QED) is 0.543. The lowest BCUT2D eigenvalue weighted by Gasteiger charge is -2.63. The van der Waals surface area contributed by atoms with E-state index in [0.717, 1.165) is 24.8 Å². The molecule has 4 rings (SSSR count). The smallest absolute Gasteiger partial charge is 0.188 e. The third-order valence-electron chi connectivity index (χ3n) is 10.7. The first-order valence-corrected chi connectivity index (χ1v) is 12.9. The lowest BCUT2D eigenvalue weighted by molar-refractivity contribution is -0.223. The lowest BCUT2D eigenvalue weighted by Crippen LogP contribution is -2.71. The van der Waals surface area contributed by atoms with Crippen LogP contribution in [0.1, 0.15) is 86.5 Å². The third kappa shape index (κ3) is 3.15. The second-order valence-corrected chi connectivity index (χ2v) is 12.5. The fraction of sp³-hybridized carbons (Fsp3) is 0.821. The van der Waals surface area contributed by atoms with Crippen LogP contribution in [0.5, 0.6) is 0 Å². The summed E-state index contributed by atoms with van der Waals surface area (Å²) in [5, 5.41) is 33.9. The molecule has 4 aliphatic carbocycles. The molecule has 32 heavy (non-hydrogen) atoms. The predicted molar refractivity (Wildman–Crippen MR) is 127 cm³/mol. The molecule has 4 nitrogen and oxygen atoms in total. The lowest BCUT2D eigenvalue weighted by atomic mass is 9.43. The topological polar surface area (TPSA) is 77.8 Å². The summed E-state index contributed by atoms with van der Waals surface area (Å²) in [5.41, 5.74) is -2.90. The Morgan fingerprint density at radius 3 is 2.31 bits per heavy atom. The zero-order valence-corrected chi connectivity index (χ0v) is 20.9. The van der Waals surface area contributed by atoms with Crippen molar-refractivity contribution in [1.82, 2.24) is 0 Å². The number of aliphatic hydroxyl groups is 3. The van der Waals surface area contributed by atoms with Crippen LogP contribution < -0.4 is 0 Å². The maximum atomic E-state index is 13.3. The van der Waals surface area contributed by atoms with Gasteiger partial charge < -0.3 is 15.3 Å². The molecule has 0 aromatic heterocycles. The summed E-state index contributed by atoms with van der Waals surface area (Å²) >= 11 is 0. The SMILES string of the molecule is CC(C)C(C)/C=C/C(C)C1CCC2C3=CC(=O)C4(O)CC(O)CCC4(C)C3(O)CCC21C. The van der Waals surface area contributed by atoms with E-state index >= 15 is 0 Å². The van der Waals surface area contributed by atoms with Gasteiger partial charge in [-0.25, -0.2) is 0 Å². The zero-order chi connectivity index (χ0) is 23.7. The van der Waals surface area contributed by atoms with Crippen LogP contribution in [-0.2, 0) is 4.79 Å². The highest BCUT2D eigenvalue weighted by atomic mass is 16.3. The van der Waals surface area contributed by atoms with Crippen molar-refractivity contribution >= 4 is 5.78 Å². The molecule has 4 aliphatic rings. The number of allylic oxidation sites excluding steroid dienone is 2. The summed E-state index contributed by atoms with van der Waals surface area (Å²) in [6, 6.07) is 0. The Morgan fingerprint density at radius 1 is 0.969 bits per heavy atom. The number of carbonyl (C=O) groups excluding carboxylic acids is 1. The summed E-state index contributed by atoms with van der Waals surface area (Å²) in [4.78, 5) is 13.3. The third-order valence-corrected chi connectivity index (χ3v) is 10.7. The maximum absolute atomic E-state index is 13.3. The standard InChI is InChI=1S/C28H44O4/c1-17(2)18(3)7-8-19(4)21-9-10-22-23-15-24(30)28(32)16-20(29)11-12-26(28,6)27(23,31)14-13-25(21,22)5/h7-8,15,17-22,29,31-32H,9-14,16H2,1-6H3/b8-7+. The Hall–Kier alpha value is -0.970. The van der Waals surface area contributed by atoms with Crippen LogP contribution in [0, 0.1) is 40.4 Å². The van der Waals surface area contributed by atoms with E-state index in [1.54, 1.807) is 6.08 Å². The van der Waals surface area contributed by atoms with E-state index in [4.69, 9.17) is 0 Å². The van der Waals surface area contributed by atoms with Crippen LogP contribution in [0.25, 0.3) is 0 Å². The normalized spacial score (nSPS) is 48.2. The van der Waals surface area contributed by atoms with E-state index in [1.807, 2.05) is 6.92 Å². The highest BCUT2D eigenvalue weighted by molar-refractivity contribution is 6.00. The number of hydrogen-bond acceptors (Lipinski definition) is 4. The molecule has 0 aromatic carbocycles. The Kier molecular flexibility index (Phi) is 5.88. The number of hydrogen-bond donors (Lipinski definition) is 3. The van der Waals surface area contributed by atoms with Crippen LogP contribution in [0.3, 0.4) is 0 Å². The summed E-state index contributed by atoms with van der Waals surface area (Å²) in [5.74, 6) is 2.01. The molecule has 0 spiro atoms. The van der Waals surface area contributed by atoms with Gasteiger partial charge in [-0.3, -0.25) is 4.79 Å². The average Bonchev–Trinajstić information content (AvgIpc) is 3.07. The summed E-state index contributed by atoms with van der Waals surface area (Å²) < 4.78 is 0. The van der Waals surface area contributed by atoms with Crippen molar-refractivity contribution in [2.45, 2.75) is 104 Å². The Balaban J connectivity index is 1.67. The predicted octanol–water partition coefficient (Wildman–Crippen LogP) is 4.82. The van der Waals surface area contributed by atoms with Gasteiger partial charge in [0.2, 0.25) is 0 Å². The molecule has 0 saturated heterocycles. The molecule has 4 heteroatoms. The van der Waals surface area contributed by atoms with Crippen molar-refractivity contribution in [2.75, 3.05) is 0 Å². The fourth-order valence-corrected chi connectivity index (χ4v) is 7.91. The van der Waals surface area contributed by atoms with Gasteiger partial charge in [-0.2, -0.15) is 0 Å². The Labute approximate surface area is 194 Å². The van der Waals surface area contributed by atoms with Crippen LogP contribution in [0.2, 0.25) is 0 Å². The maximum Gasteiger partial charge on any atom is 0.188 e. The number of aliphatic hydroxyl groups excluding tert-OH is 1. The minimum Gasteiger partial charge on any atom is -0.393 e. The molecule has 9 unspecified atom stereocenters. The summed E-state index contributed by atoms with van der Waals surface area (Å²) in [6.45, 7) is 13.4. The number of ketones is 1. The Morgan fingerprint density at radius 2 is 1.66 bits per heavy atom. The van der Waals surface area contributed by atoms with Crippen molar-refractivity contribution in [3.8, 4) is 0 Å². The van der Waals surface area contributed by atoms with Gasteiger partial charge in [0, 0.05) is 11.8 Å². The van der Waals surface area contributed by atoms with Gasteiger partial charge in [0.05, 0.1) is 11.7 Å². The fourth-order valence-electron chi connectivity index (χ4n) is 7.91. The molecule has 0 amide bonds. The molecule has 0 heterocycles. The van der Waals surface area contributed by atoms with Gasteiger partial charge in [-0.15, -0.1) is 0 Å². The molecule has 3 saturated carbocycles. The Bertz CT molecular complexity index is 829. The molecule has 180 valence electrons. The second-order valence-electron chi connectivity index (χ2n) is 12.5. The van der Waals surface area contributed by atoms with Gasteiger partial charge in [-0.05, 0) is 85.2 Å². The first-order valence-electron chi connectivity index (χ1n) is 12.9. The highest BCUT2D eigenvalue weighted by Crippen LogP contribution is 2.68. The molecule has 3 N–H and O–H groups in total. The van der Waals surface area contributed by atoms with Crippen molar-refractivity contribution < 1.29 is 20.1 Å². The van der Waals surface area contributed by atoms with Gasteiger partial charge in [-0.1, -0.05) is 53.7 Å². The van der Waals surface area contributed by atoms with Gasteiger partial charge in [0.1, 0.15) is 5.60 Å². The number of carbonyl (C=O) groups is 1. The van der Waals surface area contributed by atoms with E-state index < -0.39 is 22.7 Å². The zero-order valence-electron chi connectivity index (χ0n) is 20.9. The molecule has 3 fully saturated rings. The number of fused-ring (bicyclic) bond motifs is 5. The van der Waals surface area contributed by atoms with E-state index in [-0.39, 0.29) is 23.5 Å². The van der Waals surface area contributed by atoms with E-state index in [9.17, 15) is 20.1 Å². The van der Waals surface area contributed by atoms with E-state index in [2.05, 4.69) is 46.8 Å². The summed E-state index contributed by atoms with van der Waals surface area (Å²) in [7, 11) is 0. The molecular weight excluding hydrogens is 400 g/mol. The summed E-state index contributed by atoms with van der Waals surface area (Å²) in [6.07, 6.45) is 10.2. The van der Waals surface area contributed by atoms with Crippen molar-refractivity contribution in [1.29, 1.82) is 0 Å². The highest BCUT2D eigenvalue weighted by Gasteiger charge is 2.71. The van der Waals surface area contributed by atoms with Crippen LogP contribution >= 0.6 is 0 Å².